The van der Waals surface area contributed by atoms with Crippen LogP contribution in [0.3, 0.4) is 0 Å². The Morgan fingerprint density at radius 1 is 1.19 bits per heavy atom. The number of phosphoric ester groups is 1. The topological polar surface area (TPSA) is 133 Å². The van der Waals surface area contributed by atoms with Crippen LogP contribution in [0, 0.1) is 0 Å². The highest BCUT2D eigenvalue weighted by Gasteiger charge is 2.30. The summed E-state index contributed by atoms with van der Waals surface area (Å²) >= 11 is 0. The lowest BCUT2D eigenvalue weighted by molar-refractivity contribution is -0.872. The molecule has 0 saturated heterocycles. The molecule has 0 rings (SSSR count). The quantitative estimate of drug-likeness (QED) is 0.152. The van der Waals surface area contributed by atoms with Crippen LogP contribution in [0.2, 0.25) is 0 Å². The zero-order valence-corrected chi connectivity index (χ0v) is 17.4. The van der Waals surface area contributed by atoms with E-state index in [4.69, 9.17) is 9.63 Å². The van der Waals surface area contributed by atoms with Gasteiger partial charge in [0.25, 0.3) is 7.82 Å². The van der Waals surface area contributed by atoms with Crippen LogP contribution in [0.5, 0.6) is 0 Å². The van der Waals surface area contributed by atoms with E-state index >= 15 is 0 Å². The Bertz CT molecular complexity index is 480. The molecular formula is C17H34NO8P. The van der Waals surface area contributed by atoms with Gasteiger partial charge in [-0.3, -0.25) is 9.36 Å². The minimum Gasteiger partial charge on any atom is -0.756 e. The summed E-state index contributed by atoms with van der Waals surface area (Å²) in [4.78, 5) is 34.6. The van der Waals surface area contributed by atoms with Crippen LogP contribution in [0.4, 0.5) is 0 Å². The Labute approximate surface area is 161 Å². The molecule has 2 N–H and O–H groups in total. The molecule has 10 heteroatoms. The van der Waals surface area contributed by atoms with Crippen LogP contribution in [-0.2, 0) is 23.2 Å². The lowest BCUT2D eigenvalue weighted by Gasteiger charge is -2.32. The van der Waals surface area contributed by atoms with E-state index in [0.717, 1.165) is 32.0 Å². The number of carbonyl (C=O) groups excluding carboxylic acids is 2. The van der Waals surface area contributed by atoms with Crippen molar-refractivity contribution in [1.29, 1.82) is 0 Å². The predicted molar refractivity (Wildman–Crippen MR) is 97.8 cm³/mol. The standard InChI is InChI=1S/C17H34NO8P/c1-18(2,3)12-17(26-27(23,24)25-14-15(21)13-20)16(22)10-8-6-4-5-7-9-11-19/h11,15,17,20-21H,4-10,12-14H2,1-3H3/t15-,17?/m1/s1. The molecule has 0 aliphatic rings. The van der Waals surface area contributed by atoms with E-state index in [1.165, 1.54) is 0 Å². The number of carbonyl (C=O) groups is 2. The SMILES string of the molecule is C[N+](C)(C)CC(OP(=O)([O-])OC[C@H](O)CO)C(=O)CCCCCCCC=O. The summed E-state index contributed by atoms with van der Waals surface area (Å²) in [5.41, 5.74) is 0. The number of rotatable bonds is 17. The highest BCUT2D eigenvalue weighted by atomic mass is 31.2. The van der Waals surface area contributed by atoms with Crippen molar-refractivity contribution in [1.82, 2.24) is 0 Å². The molecule has 0 radical (unpaired) electrons. The molecule has 0 aliphatic carbocycles. The molecule has 0 spiro atoms. The van der Waals surface area contributed by atoms with Crippen molar-refractivity contribution < 1.29 is 42.8 Å². The second kappa shape index (κ2) is 13.5. The lowest BCUT2D eigenvalue weighted by atomic mass is 10.0. The maximum Gasteiger partial charge on any atom is 0.268 e. The number of hydrogen-bond donors (Lipinski definition) is 2. The van der Waals surface area contributed by atoms with Gasteiger partial charge in [0.2, 0.25) is 0 Å². The van der Waals surface area contributed by atoms with Crippen molar-refractivity contribution in [3.63, 3.8) is 0 Å². The average Bonchev–Trinajstić information content (AvgIpc) is 2.56. The third-order valence-corrected chi connectivity index (χ3v) is 4.69. The van der Waals surface area contributed by atoms with Gasteiger partial charge in [0, 0.05) is 12.8 Å². The smallest absolute Gasteiger partial charge is 0.268 e. The molecule has 0 bridgehead atoms. The number of quaternary nitrogens is 1. The third kappa shape index (κ3) is 15.0. The van der Waals surface area contributed by atoms with E-state index in [2.05, 4.69) is 4.52 Å². The van der Waals surface area contributed by atoms with Gasteiger partial charge in [0.1, 0.15) is 18.9 Å². The van der Waals surface area contributed by atoms with E-state index in [0.29, 0.717) is 17.3 Å². The van der Waals surface area contributed by atoms with E-state index in [1.54, 1.807) is 0 Å². The van der Waals surface area contributed by atoms with Gasteiger partial charge in [0.05, 0.1) is 34.4 Å². The second-order valence-electron chi connectivity index (χ2n) is 7.59. The molecule has 0 saturated carbocycles. The molecule has 0 aromatic heterocycles. The first kappa shape index (κ1) is 26.3. The fourth-order valence-electron chi connectivity index (χ4n) is 2.33. The fourth-order valence-corrected chi connectivity index (χ4v) is 3.24. The highest BCUT2D eigenvalue weighted by molar-refractivity contribution is 7.45. The third-order valence-electron chi connectivity index (χ3n) is 3.71. The molecule has 0 aromatic carbocycles. The van der Waals surface area contributed by atoms with Crippen molar-refractivity contribution in [2.45, 2.75) is 57.2 Å². The number of Topliss-reactive ketones (excluding diaryl/α,β-unsaturated/α-hetero) is 1. The van der Waals surface area contributed by atoms with Gasteiger partial charge in [-0.1, -0.05) is 19.3 Å². The van der Waals surface area contributed by atoms with Gasteiger partial charge in [-0.15, -0.1) is 0 Å². The Kier molecular flexibility index (Phi) is 13.2. The summed E-state index contributed by atoms with van der Waals surface area (Å²) in [5, 5.41) is 17.9. The number of unbranched alkanes of at least 4 members (excludes halogenated alkanes) is 5. The first-order valence-corrected chi connectivity index (χ1v) is 10.7. The molecule has 0 fully saturated rings. The van der Waals surface area contributed by atoms with E-state index in [9.17, 15) is 24.2 Å². The fraction of sp³-hybridized carbons (Fsp3) is 0.882. The number of nitrogens with zero attached hydrogens (tertiary/aromatic N) is 1. The summed E-state index contributed by atoms with van der Waals surface area (Å²) in [6, 6.07) is 0. The predicted octanol–water partition coefficient (Wildman–Crippen LogP) is 0.415. The molecular weight excluding hydrogens is 377 g/mol. The van der Waals surface area contributed by atoms with Crippen LogP contribution in [0.1, 0.15) is 44.9 Å². The van der Waals surface area contributed by atoms with Gasteiger partial charge in [-0.25, -0.2) is 0 Å². The van der Waals surface area contributed by atoms with Crippen LogP contribution in [0.25, 0.3) is 0 Å². The van der Waals surface area contributed by atoms with Gasteiger partial charge in [-0.2, -0.15) is 0 Å². The number of aliphatic hydroxyl groups excluding tert-OH is 2. The first-order chi connectivity index (χ1) is 12.5. The number of aldehydes is 1. The minimum absolute atomic E-state index is 0.149. The molecule has 9 nitrogen and oxygen atoms in total. The Morgan fingerprint density at radius 3 is 2.33 bits per heavy atom. The van der Waals surface area contributed by atoms with Crippen molar-refractivity contribution in [2.24, 2.45) is 0 Å². The van der Waals surface area contributed by atoms with Crippen molar-refractivity contribution in [3.8, 4) is 0 Å². The molecule has 0 aromatic rings. The number of phosphoric acid groups is 1. The Balaban J connectivity index is 4.58. The summed E-state index contributed by atoms with van der Waals surface area (Å²) in [6.45, 7) is -1.13. The van der Waals surface area contributed by atoms with Gasteiger partial charge in [-0.05, 0) is 12.8 Å². The molecule has 3 atom stereocenters. The van der Waals surface area contributed by atoms with Crippen LogP contribution < -0.4 is 4.89 Å². The zero-order valence-electron chi connectivity index (χ0n) is 16.5. The van der Waals surface area contributed by atoms with E-state index in [-0.39, 0.29) is 18.7 Å². The Hall–Kier alpha value is -0.670. The van der Waals surface area contributed by atoms with Gasteiger partial charge >= 0.3 is 0 Å². The summed E-state index contributed by atoms with van der Waals surface area (Å²) in [6.07, 6.45) is 3.20. The lowest BCUT2D eigenvalue weighted by Crippen LogP contribution is -2.45. The zero-order chi connectivity index (χ0) is 20.9. The van der Waals surface area contributed by atoms with Gasteiger partial charge < -0.3 is 33.4 Å². The number of aliphatic hydroxyl groups is 2. The van der Waals surface area contributed by atoms with Crippen LogP contribution >= 0.6 is 7.82 Å². The molecule has 0 aliphatic heterocycles. The molecule has 0 heterocycles. The monoisotopic (exact) mass is 411 g/mol. The largest absolute Gasteiger partial charge is 0.756 e. The highest BCUT2D eigenvalue weighted by Crippen LogP contribution is 2.40. The molecule has 27 heavy (non-hydrogen) atoms. The summed E-state index contributed by atoms with van der Waals surface area (Å²) < 4.78 is 21.8. The minimum atomic E-state index is -4.80. The first-order valence-electron chi connectivity index (χ1n) is 9.20. The van der Waals surface area contributed by atoms with Crippen LogP contribution in [0.15, 0.2) is 0 Å². The maximum atomic E-state index is 12.4. The van der Waals surface area contributed by atoms with Gasteiger partial charge in [0.15, 0.2) is 11.9 Å². The normalized spacial score (nSPS) is 16.5. The maximum absolute atomic E-state index is 12.4. The molecule has 160 valence electrons. The van der Waals surface area contributed by atoms with E-state index in [1.807, 2.05) is 21.1 Å². The summed E-state index contributed by atoms with van der Waals surface area (Å²) in [7, 11) is 0.627. The van der Waals surface area contributed by atoms with E-state index < -0.39 is 33.2 Å². The second-order valence-corrected chi connectivity index (χ2v) is 8.95. The average molecular weight is 411 g/mol. The van der Waals surface area contributed by atoms with Crippen molar-refractivity contribution in [2.75, 3.05) is 40.9 Å². The van der Waals surface area contributed by atoms with Crippen molar-refractivity contribution in [3.05, 3.63) is 0 Å². The number of likely N-dealkylation sites (N-methyl/N-ethyl adjacent to an activating group) is 1. The van der Waals surface area contributed by atoms with Crippen molar-refractivity contribution >= 4 is 19.9 Å². The molecule has 0 amide bonds. The Morgan fingerprint density at radius 2 is 1.78 bits per heavy atom. The summed E-state index contributed by atoms with van der Waals surface area (Å²) in [5.74, 6) is -0.321. The number of hydrogen-bond acceptors (Lipinski definition) is 8. The van der Waals surface area contributed by atoms with Crippen LogP contribution in [-0.4, -0.2) is 79.9 Å². The number of ketones is 1. The molecule has 2 unspecified atom stereocenters.